The lowest BCUT2D eigenvalue weighted by atomic mass is 10.1. The van der Waals surface area contributed by atoms with E-state index in [0.29, 0.717) is 6.04 Å². The quantitative estimate of drug-likeness (QED) is 0.860. The number of nitrogens with two attached hydrogens (primary N) is 1. The highest BCUT2D eigenvalue weighted by atomic mass is 19.1. The van der Waals surface area contributed by atoms with E-state index in [9.17, 15) is 4.39 Å². The lowest BCUT2D eigenvalue weighted by Gasteiger charge is -2.11. The van der Waals surface area contributed by atoms with Crippen molar-refractivity contribution in [3.05, 3.63) is 65.5 Å². The second-order valence-corrected chi connectivity index (χ2v) is 5.10. The lowest BCUT2D eigenvalue weighted by molar-refractivity contribution is -0.701. The maximum absolute atomic E-state index is 12.8. The van der Waals surface area contributed by atoms with Crippen LogP contribution in [-0.2, 0) is 13.0 Å². The van der Waals surface area contributed by atoms with Gasteiger partial charge in [-0.3, -0.25) is 0 Å². The molecule has 0 saturated carbocycles. The van der Waals surface area contributed by atoms with Crippen LogP contribution in [0.25, 0.3) is 0 Å². The average Bonchev–Trinajstić information content (AvgIpc) is 2.47. The Morgan fingerprint density at radius 3 is 2.20 bits per heavy atom. The van der Waals surface area contributed by atoms with Crippen LogP contribution in [0, 0.1) is 5.82 Å². The highest BCUT2D eigenvalue weighted by molar-refractivity contribution is 5.27. The molecule has 1 atom stereocenters. The Hall–Kier alpha value is -1.87. The number of ether oxygens (including phenoxy) is 1. The maximum Gasteiger partial charge on any atom is 0.123 e. The molecule has 2 aromatic carbocycles. The third-order valence-electron chi connectivity index (χ3n) is 3.39. The van der Waals surface area contributed by atoms with Crippen molar-refractivity contribution in [1.29, 1.82) is 0 Å². The van der Waals surface area contributed by atoms with E-state index in [-0.39, 0.29) is 5.82 Å². The fourth-order valence-electron chi connectivity index (χ4n) is 2.17. The number of benzene rings is 2. The van der Waals surface area contributed by atoms with Crippen molar-refractivity contribution in [2.24, 2.45) is 0 Å². The summed E-state index contributed by atoms with van der Waals surface area (Å²) in [6.07, 6.45) is 1.01. The first-order valence-electron chi connectivity index (χ1n) is 6.88. The van der Waals surface area contributed by atoms with Gasteiger partial charge < -0.3 is 10.1 Å². The Morgan fingerprint density at radius 2 is 1.60 bits per heavy atom. The van der Waals surface area contributed by atoms with Crippen molar-refractivity contribution in [3.8, 4) is 5.75 Å². The normalized spacial score (nSPS) is 12.2. The van der Waals surface area contributed by atoms with Gasteiger partial charge in [0, 0.05) is 12.0 Å². The SMILES string of the molecule is COc1ccc(C[C@H](C)[NH2+]Cc2ccc(F)cc2)cc1. The van der Waals surface area contributed by atoms with Gasteiger partial charge in [-0.05, 0) is 36.8 Å². The predicted octanol–water partition coefficient (Wildman–Crippen LogP) is 2.53. The summed E-state index contributed by atoms with van der Waals surface area (Å²) in [6.45, 7) is 3.07. The average molecular weight is 274 g/mol. The molecule has 0 aliphatic carbocycles. The summed E-state index contributed by atoms with van der Waals surface area (Å²) in [4.78, 5) is 0. The summed E-state index contributed by atoms with van der Waals surface area (Å²) in [5.74, 6) is 0.705. The zero-order valence-electron chi connectivity index (χ0n) is 12.0. The zero-order chi connectivity index (χ0) is 14.4. The first-order valence-corrected chi connectivity index (χ1v) is 6.88. The molecule has 0 aliphatic heterocycles. The molecule has 0 aromatic heterocycles. The smallest absolute Gasteiger partial charge is 0.123 e. The number of quaternary nitrogens is 1. The molecule has 0 unspecified atom stereocenters. The molecule has 2 rings (SSSR count). The monoisotopic (exact) mass is 274 g/mol. The van der Waals surface area contributed by atoms with Crippen LogP contribution in [0.1, 0.15) is 18.1 Å². The van der Waals surface area contributed by atoms with Gasteiger partial charge in [0.05, 0.1) is 13.2 Å². The molecule has 0 bridgehead atoms. The zero-order valence-corrected chi connectivity index (χ0v) is 12.0. The molecule has 0 radical (unpaired) electrons. The van der Waals surface area contributed by atoms with Crippen LogP contribution >= 0.6 is 0 Å². The Bertz CT molecular complexity index is 522. The fraction of sp³-hybridized carbons (Fsp3) is 0.294. The van der Waals surface area contributed by atoms with Gasteiger partial charge >= 0.3 is 0 Å². The Kier molecular flexibility index (Phi) is 5.13. The van der Waals surface area contributed by atoms with Gasteiger partial charge in [-0.1, -0.05) is 24.3 Å². The van der Waals surface area contributed by atoms with Crippen molar-refractivity contribution >= 4 is 0 Å². The van der Waals surface area contributed by atoms with Gasteiger partial charge in [-0.15, -0.1) is 0 Å². The third-order valence-corrected chi connectivity index (χ3v) is 3.39. The van der Waals surface area contributed by atoms with Gasteiger partial charge in [0.1, 0.15) is 18.1 Å². The highest BCUT2D eigenvalue weighted by Crippen LogP contribution is 2.12. The van der Waals surface area contributed by atoms with Gasteiger partial charge in [-0.2, -0.15) is 0 Å². The minimum absolute atomic E-state index is 0.181. The molecule has 3 heteroatoms. The molecule has 0 amide bonds. The molecule has 0 saturated heterocycles. The molecule has 2 nitrogen and oxygen atoms in total. The second-order valence-electron chi connectivity index (χ2n) is 5.10. The largest absolute Gasteiger partial charge is 0.497 e. The van der Waals surface area contributed by atoms with E-state index in [0.717, 1.165) is 24.3 Å². The molecule has 2 N–H and O–H groups in total. The van der Waals surface area contributed by atoms with E-state index in [1.54, 1.807) is 7.11 Å². The van der Waals surface area contributed by atoms with Crippen LogP contribution in [-0.4, -0.2) is 13.2 Å². The minimum Gasteiger partial charge on any atom is -0.497 e. The third kappa shape index (κ3) is 4.35. The number of halogens is 1. The van der Waals surface area contributed by atoms with E-state index in [1.807, 2.05) is 24.3 Å². The van der Waals surface area contributed by atoms with Crippen molar-refractivity contribution in [1.82, 2.24) is 0 Å². The molecule has 2 aromatic rings. The molecule has 106 valence electrons. The number of hydrogen-bond donors (Lipinski definition) is 1. The number of methoxy groups -OCH3 is 1. The Labute approximate surface area is 119 Å². The molecular weight excluding hydrogens is 253 g/mol. The van der Waals surface area contributed by atoms with Crippen LogP contribution in [0.15, 0.2) is 48.5 Å². The molecule has 0 aliphatic rings. The summed E-state index contributed by atoms with van der Waals surface area (Å²) in [5.41, 5.74) is 2.45. The van der Waals surface area contributed by atoms with Crippen LogP contribution in [0.3, 0.4) is 0 Å². The molecule has 0 heterocycles. The van der Waals surface area contributed by atoms with Gasteiger partial charge in [0.15, 0.2) is 0 Å². The summed E-state index contributed by atoms with van der Waals surface area (Å²) >= 11 is 0. The van der Waals surface area contributed by atoms with Crippen molar-refractivity contribution in [2.75, 3.05) is 7.11 Å². The van der Waals surface area contributed by atoms with Crippen LogP contribution in [0.5, 0.6) is 5.75 Å². The summed E-state index contributed by atoms with van der Waals surface area (Å²) in [5, 5.41) is 2.28. The van der Waals surface area contributed by atoms with Crippen molar-refractivity contribution in [3.63, 3.8) is 0 Å². The summed E-state index contributed by atoms with van der Waals surface area (Å²) in [7, 11) is 1.67. The van der Waals surface area contributed by atoms with Gasteiger partial charge in [0.25, 0.3) is 0 Å². The molecule has 20 heavy (non-hydrogen) atoms. The Balaban J connectivity index is 1.82. The summed E-state index contributed by atoms with van der Waals surface area (Å²) < 4.78 is 18.0. The van der Waals surface area contributed by atoms with Crippen LogP contribution in [0.4, 0.5) is 4.39 Å². The van der Waals surface area contributed by atoms with E-state index >= 15 is 0 Å². The van der Waals surface area contributed by atoms with E-state index in [1.165, 1.54) is 17.7 Å². The molecular formula is C17H21FNO+. The maximum atomic E-state index is 12.8. The van der Waals surface area contributed by atoms with Crippen molar-refractivity contribution in [2.45, 2.75) is 25.9 Å². The molecule has 0 fully saturated rings. The van der Waals surface area contributed by atoms with Crippen LogP contribution in [0.2, 0.25) is 0 Å². The first-order chi connectivity index (χ1) is 9.67. The van der Waals surface area contributed by atoms with E-state index in [4.69, 9.17) is 4.74 Å². The predicted molar refractivity (Wildman–Crippen MR) is 78.2 cm³/mol. The van der Waals surface area contributed by atoms with Gasteiger partial charge in [0.2, 0.25) is 0 Å². The van der Waals surface area contributed by atoms with Crippen LogP contribution < -0.4 is 10.1 Å². The molecule has 0 spiro atoms. The topological polar surface area (TPSA) is 25.8 Å². The number of rotatable bonds is 6. The van der Waals surface area contributed by atoms with E-state index < -0.39 is 0 Å². The second kappa shape index (κ2) is 7.06. The number of hydrogen-bond acceptors (Lipinski definition) is 1. The van der Waals surface area contributed by atoms with Gasteiger partial charge in [-0.25, -0.2) is 4.39 Å². The Morgan fingerprint density at radius 1 is 1.00 bits per heavy atom. The lowest BCUT2D eigenvalue weighted by Crippen LogP contribution is -2.88. The standard InChI is InChI=1S/C17H20FNO/c1-13(11-14-5-9-17(20-2)10-6-14)19-12-15-3-7-16(18)8-4-15/h3-10,13,19H,11-12H2,1-2H3/p+1/t13-/m0/s1. The minimum atomic E-state index is -0.181. The fourth-order valence-corrected chi connectivity index (χ4v) is 2.17. The van der Waals surface area contributed by atoms with Crippen molar-refractivity contribution < 1.29 is 14.4 Å². The summed E-state index contributed by atoms with van der Waals surface area (Å²) in [6, 6.07) is 15.4. The highest BCUT2D eigenvalue weighted by Gasteiger charge is 2.07. The van der Waals surface area contributed by atoms with E-state index in [2.05, 4.69) is 24.4 Å². The first kappa shape index (κ1) is 14.5.